The van der Waals surface area contributed by atoms with E-state index in [1.807, 2.05) is 44.2 Å². The number of aliphatic hydroxyl groups is 1. The molecule has 0 aliphatic carbocycles. The minimum Gasteiger partial charge on any atom is -0.387 e. The molecule has 1 aromatic carbocycles. The molecule has 1 heterocycles. The number of aromatic nitrogens is 2. The van der Waals surface area contributed by atoms with Gasteiger partial charge >= 0.3 is 0 Å². The maximum Gasteiger partial charge on any atom is 0.227 e. The van der Waals surface area contributed by atoms with Gasteiger partial charge in [-0.2, -0.15) is 4.98 Å². The number of hydrogen-bond acceptors (Lipinski definition) is 5. The van der Waals surface area contributed by atoms with Crippen LogP contribution in [0.15, 0.2) is 34.9 Å². The highest BCUT2D eigenvalue weighted by Crippen LogP contribution is 2.21. The van der Waals surface area contributed by atoms with Crippen molar-refractivity contribution in [3.05, 3.63) is 47.6 Å². The molecule has 6 heteroatoms. The molecule has 1 aromatic heterocycles. The fourth-order valence-electron chi connectivity index (χ4n) is 2.79. The number of amides is 1. The van der Waals surface area contributed by atoms with Gasteiger partial charge in [0.2, 0.25) is 11.8 Å². The Balaban J connectivity index is 2.02. The van der Waals surface area contributed by atoms with Crippen molar-refractivity contribution in [1.82, 2.24) is 15.0 Å². The topological polar surface area (TPSA) is 79.5 Å². The van der Waals surface area contributed by atoms with E-state index in [1.54, 1.807) is 4.90 Å². The van der Waals surface area contributed by atoms with Crippen molar-refractivity contribution >= 4 is 5.91 Å². The van der Waals surface area contributed by atoms with Crippen molar-refractivity contribution in [3.63, 3.8) is 0 Å². The molecule has 0 fully saturated rings. The Hall–Kier alpha value is -2.21. The third kappa shape index (κ3) is 6.79. The first-order chi connectivity index (χ1) is 12.7. The molecule has 6 nitrogen and oxygen atoms in total. The number of hydrogen-bond donors (Lipinski definition) is 1. The van der Waals surface area contributed by atoms with Crippen LogP contribution in [0.25, 0.3) is 0 Å². The van der Waals surface area contributed by atoms with Crippen LogP contribution < -0.4 is 0 Å². The van der Waals surface area contributed by atoms with Crippen molar-refractivity contribution in [2.24, 2.45) is 5.41 Å². The Morgan fingerprint density at radius 1 is 1.22 bits per heavy atom. The quantitative estimate of drug-likeness (QED) is 0.762. The fourth-order valence-corrected chi connectivity index (χ4v) is 2.79. The van der Waals surface area contributed by atoms with Gasteiger partial charge in [0.15, 0.2) is 5.82 Å². The zero-order chi connectivity index (χ0) is 20.0. The standard InChI is InChI=1S/C21H31N3O3/c1-15(2)20-22-18(27-23-20)11-12-19(26)24(14-21(3,4)5)13-17(25)16-9-7-6-8-10-16/h6-10,15,17,25H,11-14H2,1-5H3/t17-/m1/s1. The lowest BCUT2D eigenvalue weighted by Gasteiger charge is -2.31. The monoisotopic (exact) mass is 373 g/mol. The van der Waals surface area contributed by atoms with E-state index in [2.05, 4.69) is 30.9 Å². The molecule has 0 spiro atoms. The van der Waals surface area contributed by atoms with Crippen LogP contribution in [0.4, 0.5) is 0 Å². The number of rotatable bonds is 8. The summed E-state index contributed by atoms with van der Waals surface area (Å²) in [6.07, 6.45) is -0.0359. The zero-order valence-electron chi connectivity index (χ0n) is 17.0. The van der Waals surface area contributed by atoms with E-state index in [-0.39, 0.29) is 30.2 Å². The predicted octanol–water partition coefficient (Wildman–Crippen LogP) is 3.73. The molecule has 1 amide bonds. The average molecular weight is 373 g/mol. The molecule has 2 rings (SSSR count). The largest absolute Gasteiger partial charge is 0.387 e. The Morgan fingerprint density at radius 3 is 2.44 bits per heavy atom. The van der Waals surface area contributed by atoms with E-state index in [0.29, 0.717) is 24.7 Å². The second-order valence-corrected chi connectivity index (χ2v) is 8.46. The van der Waals surface area contributed by atoms with Gasteiger partial charge in [0.25, 0.3) is 0 Å². The number of carbonyl (C=O) groups excluding carboxylic acids is 1. The number of carbonyl (C=O) groups is 1. The van der Waals surface area contributed by atoms with Crippen molar-refractivity contribution < 1.29 is 14.4 Å². The first-order valence-corrected chi connectivity index (χ1v) is 9.49. The maximum absolute atomic E-state index is 12.8. The summed E-state index contributed by atoms with van der Waals surface area (Å²) in [4.78, 5) is 18.9. The second kappa shape index (κ2) is 9.13. The van der Waals surface area contributed by atoms with Crippen LogP contribution in [0.5, 0.6) is 0 Å². The molecule has 1 N–H and O–H groups in total. The van der Waals surface area contributed by atoms with E-state index in [4.69, 9.17) is 4.52 Å². The van der Waals surface area contributed by atoms with Crippen molar-refractivity contribution in [3.8, 4) is 0 Å². The van der Waals surface area contributed by atoms with Gasteiger partial charge in [-0.3, -0.25) is 4.79 Å². The van der Waals surface area contributed by atoms with Gasteiger partial charge in [-0.25, -0.2) is 0 Å². The van der Waals surface area contributed by atoms with Crippen LogP contribution in [0.1, 0.15) is 70.3 Å². The first-order valence-electron chi connectivity index (χ1n) is 9.49. The highest BCUT2D eigenvalue weighted by molar-refractivity contribution is 5.76. The lowest BCUT2D eigenvalue weighted by Crippen LogP contribution is -2.40. The molecule has 0 bridgehead atoms. The second-order valence-electron chi connectivity index (χ2n) is 8.46. The summed E-state index contributed by atoms with van der Waals surface area (Å²) in [5.74, 6) is 1.30. The van der Waals surface area contributed by atoms with Crippen LogP contribution in [0.3, 0.4) is 0 Å². The van der Waals surface area contributed by atoms with Crippen LogP contribution in [-0.2, 0) is 11.2 Å². The Labute approximate surface area is 161 Å². The third-order valence-corrected chi connectivity index (χ3v) is 4.15. The Kier molecular flexibility index (Phi) is 7.13. The minimum atomic E-state index is -0.714. The number of nitrogens with zero attached hydrogens (tertiary/aromatic N) is 3. The fraction of sp³-hybridized carbons (Fsp3) is 0.571. The van der Waals surface area contributed by atoms with Crippen LogP contribution in [0.2, 0.25) is 0 Å². The van der Waals surface area contributed by atoms with E-state index >= 15 is 0 Å². The summed E-state index contributed by atoms with van der Waals surface area (Å²) in [7, 11) is 0. The molecule has 148 valence electrons. The van der Waals surface area contributed by atoms with Gasteiger partial charge in [-0.05, 0) is 11.0 Å². The lowest BCUT2D eigenvalue weighted by atomic mass is 9.95. The third-order valence-electron chi connectivity index (χ3n) is 4.15. The highest BCUT2D eigenvalue weighted by Gasteiger charge is 2.24. The first kappa shape index (κ1) is 21.1. The van der Waals surface area contributed by atoms with Crippen molar-refractivity contribution in [1.29, 1.82) is 0 Å². The van der Waals surface area contributed by atoms with Crippen LogP contribution in [-0.4, -0.2) is 39.1 Å². The highest BCUT2D eigenvalue weighted by atomic mass is 16.5. The Morgan fingerprint density at radius 2 is 1.89 bits per heavy atom. The smallest absolute Gasteiger partial charge is 0.227 e. The molecule has 1 atom stereocenters. The van der Waals surface area contributed by atoms with Gasteiger partial charge in [-0.1, -0.05) is 70.1 Å². The van der Waals surface area contributed by atoms with E-state index in [9.17, 15) is 9.90 Å². The number of aliphatic hydroxyl groups excluding tert-OH is 1. The zero-order valence-corrected chi connectivity index (χ0v) is 17.0. The van der Waals surface area contributed by atoms with Gasteiger partial charge in [0.05, 0.1) is 12.6 Å². The van der Waals surface area contributed by atoms with E-state index in [0.717, 1.165) is 5.56 Å². The van der Waals surface area contributed by atoms with E-state index in [1.165, 1.54) is 0 Å². The summed E-state index contributed by atoms with van der Waals surface area (Å²) in [6.45, 7) is 11.1. The van der Waals surface area contributed by atoms with Crippen molar-refractivity contribution in [2.45, 2.75) is 59.5 Å². The molecule has 0 unspecified atom stereocenters. The molecule has 2 aromatic rings. The summed E-state index contributed by atoms with van der Waals surface area (Å²) in [6, 6.07) is 9.42. The summed E-state index contributed by atoms with van der Waals surface area (Å²) < 4.78 is 5.23. The van der Waals surface area contributed by atoms with Crippen molar-refractivity contribution in [2.75, 3.05) is 13.1 Å². The van der Waals surface area contributed by atoms with Gasteiger partial charge in [0, 0.05) is 25.3 Å². The molecular weight excluding hydrogens is 342 g/mol. The van der Waals surface area contributed by atoms with E-state index < -0.39 is 6.10 Å². The SMILES string of the molecule is CC(C)c1noc(CCC(=O)N(C[C@@H](O)c2ccccc2)CC(C)(C)C)n1. The van der Waals surface area contributed by atoms with Gasteiger partial charge in [-0.15, -0.1) is 0 Å². The van der Waals surface area contributed by atoms with Crippen LogP contribution >= 0.6 is 0 Å². The molecule has 0 saturated heterocycles. The van der Waals surface area contributed by atoms with Gasteiger partial charge in [0.1, 0.15) is 0 Å². The number of aryl methyl sites for hydroxylation is 1. The molecule has 0 radical (unpaired) electrons. The molecular formula is C21H31N3O3. The minimum absolute atomic E-state index is 0.0239. The Bertz CT molecular complexity index is 720. The molecule has 0 aliphatic rings. The predicted molar refractivity (Wildman–Crippen MR) is 104 cm³/mol. The molecule has 0 saturated carbocycles. The number of benzene rings is 1. The average Bonchev–Trinajstić information content (AvgIpc) is 3.08. The lowest BCUT2D eigenvalue weighted by molar-refractivity contribution is -0.134. The summed E-state index contributed by atoms with van der Waals surface area (Å²) in [5.41, 5.74) is 0.740. The summed E-state index contributed by atoms with van der Waals surface area (Å²) >= 11 is 0. The van der Waals surface area contributed by atoms with Crippen LogP contribution in [0, 0.1) is 5.41 Å². The molecule has 27 heavy (non-hydrogen) atoms. The molecule has 0 aliphatic heterocycles. The maximum atomic E-state index is 12.8. The van der Waals surface area contributed by atoms with Gasteiger partial charge < -0.3 is 14.5 Å². The normalized spacial score (nSPS) is 13.0. The summed E-state index contributed by atoms with van der Waals surface area (Å²) in [5, 5.41) is 14.5.